The Morgan fingerprint density at radius 2 is 2.12 bits per heavy atom. The zero-order chi connectivity index (χ0) is 11.9. The van der Waals surface area contributed by atoms with Crippen LogP contribution in [0, 0.1) is 5.92 Å². The van der Waals surface area contributed by atoms with E-state index < -0.39 is 0 Å². The van der Waals surface area contributed by atoms with Crippen LogP contribution in [0.15, 0.2) is 11.8 Å². The molecule has 0 aromatic carbocycles. The van der Waals surface area contributed by atoms with Gasteiger partial charge in [-0.15, -0.1) is 0 Å². The van der Waals surface area contributed by atoms with Crippen LogP contribution >= 0.6 is 0 Å². The Hall–Kier alpha value is -0.500. The molecule has 1 fully saturated rings. The summed E-state index contributed by atoms with van der Waals surface area (Å²) in [5.41, 5.74) is 1.52. The van der Waals surface area contributed by atoms with Gasteiger partial charge in [0.05, 0.1) is 12.9 Å². The molecule has 1 aliphatic carbocycles. The first-order valence-corrected chi connectivity index (χ1v) is 7.45. The van der Waals surface area contributed by atoms with Crippen LogP contribution in [0.4, 0.5) is 0 Å². The summed E-state index contributed by atoms with van der Waals surface area (Å²) in [5, 5.41) is 3.76. The van der Waals surface area contributed by atoms with Crippen LogP contribution in [0.2, 0.25) is 0 Å². The molecule has 2 aliphatic rings. The molecule has 1 saturated carbocycles. The topological polar surface area (TPSA) is 21.3 Å². The lowest BCUT2D eigenvalue weighted by atomic mass is 9.80. The fourth-order valence-electron chi connectivity index (χ4n) is 3.18. The molecule has 0 aromatic heterocycles. The van der Waals surface area contributed by atoms with Crippen molar-refractivity contribution in [3.05, 3.63) is 11.8 Å². The van der Waals surface area contributed by atoms with Gasteiger partial charge in [-0.2, -0.15) is 0 Å². The summed E-state index contributed by atoms with van der Waals surface area (Å²) in [5.74, 6) is 0.850. The molecule has 1 heterocycles. The maximum atomic E-state index is 5.53. The molecule has 0 aromatic rings. The lowest BCUT2D eigenvalue weighted by molar-refractivity contribution is 0.206. The van der Waals surface area contributed by atoms with Crippen LogP contribution in [-0.2, 0) is 4.74 Å². The highest BCUT2D eigenvalue weighted by Gasteiger charge is 2.26. The van der Waals surface area contributed by atoms with Crippen molar-refractivity contribution in [2.45, 2.75) is 64.3 Å². The van der Waals surface area contributed by atoms with Crippen LogP contribution in [0.25, 0.3) is 0 Å². The third-order valence-electron chi connectivity index (χ3n) is 4.10. The Bertz CT molecular complexity index is 243. The molecule has 1 N–H and O–H groups in total. The van der Waals surface area contributed by atoms with Crippen molar-refractivity contribution >= 4 is 0 Å². The van der Waals surface area contributed by atoms with Gasteiger partial charge in [0.2, 0.25) is 0 Å². The molecular formula is C15H27NO. The normalized spacial score (nSPS) is 23.9. The second kappa shape index (κ2) is 7.05. The summed E-state index contributed by atoms with van der Waals surface area (Å²) >= 11 is 0. The van der Waals surface area contributed by atoms with Crippen molar-refractivity contribution < 1.29 is 4.74 Å². The molecule has 0 radical (unpaired) electrons. The van der Waals surface area contributed by atoms with Crippen LogP contribution in [0.3, 0.4) is 0 Å². The summed E-state index contributed by atoms with van der Waals surface area (Å²) in [6, 6.07) is 0.593. The number of rotatable bonds is 5. The minimum atomic E-state index is 0.593. The van der Waals surface area contributed by atoms with Gasteiger partial charge in [-0.05, 0) is 50.1 Å². The summed E-state index contributed by atoms with van der Waals surface area (Å²) in [7, 11) is 0. The van der Waals surface area contributed by atoms with Crippen molar-refractivity contribution in [2.75, 3.05) is 13.2 Å². The lowest BCUT2D eigenvalue weighted by Crippen LogP contribution is -2.40. The van der Waals surface area contributed by atoms with Gasteiger partial charge in [0, 0.05) is 6.04 Å². The molecule has 1 atom stereocenters. The summed E-state index contributed by atoms with van der Waals surface area (Å²) < 4.78 is 5.53. The van der Waals surface area contributed by atoms with Gasteiger partial charge in [-0.3, -0.25) is 0 Å². The first kappa shape index (κ1) is 12.9. The SMILES string of the molecule is CCCNC(C1=COCCC1)C1CCCCC1. The Balaban J connectivity index is 1.97. The number of hydrogen-bond acceptors (Lipinski definition) is 2. The summed E-state index contributed by atoms with van der Waals surface area (Å²) in [6.07, 6.45) is 12.8. The molecule has 0 spiro atoms. The molecule has 1 unspecified atom stereocenters. The van der Waals surface area contributed by atoms with E-state index in [9.17, 15) is 0 Å². The van der Waals surface area contributed by atoms with Gasteiger partial charge >= 0.3 is 0 Å². The van der Waals surface area contributed by atoms with Crippen molar-refractivity contribution in [2.24, 2.45) is 5.92 Å². The number of hydrogen-bond donors (Lipinski definition) is 1. The monoisotopic (exact) mass is 237 g/mol. The van der Waals surface area contributed by atoms with Crippen LogP contribution < -0.4 is 5.32 Å². The quantitative estimate of drug-likeness (QED) is 0.788. The largest absolute Gasteiger partial charge is 0.501 e. The van der Waals surface area contributed by atoms with Gasteiger partial charge in [-0.1, -0.05) is 26.2 Å². The van der Waals surface area contributed by atoms with Crippen molar-refractivity contribution in [1.82, 2.24) is 5.32 Å². The third kappa shape index (κ3) is 3.74. The third-order valence-corrected chi connectivity index (χ3v) is 4.10. The van der Waals surface area contributed by atoms with Gasteiger partial charge in [0.1, 0.15) is 0 Å². The fraction of sp³-hybridized carbons (Fsp3) is 0.867. The van der Waals surface area contributed by atoms with Crippen LogP contribution in [0.1, 0.15) is 58.3 Å². The van der Waals surface area contributed by atoms with Gasteiger partial charge in [0.25, 0.3) is 0 Å². The molecule has 17 heavy (non-hydrogen) atoms. The first-order valence-electron chi connectivity index (χ1n) is 7.45. The second-order valence-electron chi connectivity index (χ2n) is 5.50. The zero-order valence-electron chi connectivity index (χ0n) is 11.2. The highest BCUT2D eigenvalue weighted by Crippen LogP contribution is 2.31. The van der Waals surface area contributed by atoms with Gasteiger partial charge < -0.3 is 10.1 Å². The van der Waals surface area contributed by atoms with E-state index in [-0.39, 0.29) is 0 Å². The zero-order valence-corrected chi connectivity index (χ0v) is 11.2. The highest BCUT2D eigenvalue weighted by atomic mass is 16.5. The number of ether oxygens (including phenoxy) is 1. The van der Waals surface area contributed by atoms with E-state index in [4.69, 9.17) is 4.74 Å². The van der Waals surface area contributed by atoms with E-state index >= 15 is 0 Å². The van der Waals surface area contributed by atoms with Crippen LogP contribution in [0.5, 0.6) is 0 Å². The molecule has 0 saturated heterocycles. The molecule has 0 amide bonds. The minimum Gasteiger partial charge on any atom is -0.501 e. The van der Waals surface area contributed by atoms with Crippen LogP contribution in [-0.4, -0.2) is 19.2 Å². The van der Waals surface area contributed by atoms with Crippen molar-refractivity contribution in [1.29, 1.82) is 0 Å². The van der Waals surface area contributed by atoms with E-state index in [0.717, 1.165) is 19.1 Å². The highest BCUT2D eigenvalue weighted by molar-refractivity contribution is 5.12. The summed E-state index contributed by atoms with van der Waals surface area (Å²) in [6.45, 7) is 4.30. The second-order valence-corrected chi connectivity index (χ2v) is 5.50. The standard InChI is InChI=1S/C15H27NO/c1-2-10-16-15(13-7-4-3-5-8-13)14-9-6-11-17-12-14/h12-13,15-16H,2-11H2,1H3. The minimum absolute atomic E-state index is 0.593. The average Bonchev–Trinajstić information content (AvgIpc) is 2.42. The summed E-state index contributed by atoms with van der Waals surface area (Å²) in [4.78, 5) is 0. The molecule has 1 aliphatic heterocycles. The predicted molar refractivity (Wildman–Crippen MR) is 71.9 cm³/mol. The molecule has 2 heteroatoms. The van der Waals surface area contributed by atoms with Crippen molar-refractivity contribution in [3.8, 4) is 0 Å². The smallest absolute Gasteiger partial charge is 0.0876 e. The predicted octanol–water partition coefficient (Wildman–Crippen LogP) is 3.63. The Kier molecular flexibility index (Phi) is 5.37. The molecule has 0 bridgehead atoms. The molecule has 2 rings (SSSR count). The molecular weight excluding hydrogens is 210 g/mol. The van der Waals surface area contributed by atoms with E-state index in [1.165, 1.54) is 56.9 Å². The van der Waals surface area contributed by atoms with Gasteiger partial charge in [-0.25, -0.2) is 0 Å². The van der Waals surface area contributed by atoms with Gasteiger partial charge in [0.15, 0.2) is 0 Å². The van der Waals surface area contributed by atoms with E-state index in [0.29, 0.717) is 6.04 Å². The average molecular weight is 237 g/mol. The van der Waals surface area contributed by atoms with E-state index in [1.807, 2.05) is 6.26 Å². The Labute approximate surface area is 106 Å². The number of nitrogens with one attached hydrogen (secondary N) is 1. The van der Waals surface area contributed by atoms with E-state index in [1.54, 1.807) is 0 Å². The molecule has 98 valence electrons. The fourth-order valence-corrected chi connectivity index (χ4v) is 3.18. The first-order chi connectivity index (χ1) is 8.42. The maximum absolute atomic E-state index is 5.53. The van der Waals surface area contributed by atoms with E-state index in [2.05, 4.69) is 12.2 Å². The Morgan fingerprint density at radius 3 is 2.76 bits per heavy atom. The lowest BCUT2D eigenvalue weighted by Gasteiger charge is -2.34. The van der Waals surface area contributed by atoms with Crippen molar-refractivity contribution in [3.63, 3.8) is 0 Å². The maximum Gasteiger partial charge on any atom is 0.0876 e. The molecule has 2 nitrogen and oxygen atoms in total. The Morgan fingerprint density at radius 1 is 1.29 bits per heavy atom.